The number of imidazole rings is 1. The molecule has 110 valence electrons. The summed E-state index contributed by atoms with van der Waals surface area (Å²) in [5.41, 5.74) is 1.09. The average Bonchev–Trinajstić information content (AvgIpc) is 2.97. The minimum absolute atomic E-state index is 0.0146. The molecule has 0 fully saturated rings. The molecule has 0 bridgehead atoms. The van der Waals surface area contributed by atoms with Gasteiger partial charge in [0.2, 0.25) is 5.91 Å². The maximum atomic E-state index is 11.7. The van der Waals surface area contributed by atoms with Crippen LogP contribution in [0.4, 0.5) is 5.82 Å². The topological polar surface area (TPSA) is 61.7 Å². The molecule has 2 heterocycles. The van der Waals surface area contributed by atoms with E-state index >= 15 is 0 Å². The van der Waals surface area contributed by atoms with Gasteiger partial charge in [-0.1, -0.05) is 6.92 Å². The number of rotatable bonds is 7. The van der Waals surface area contributed by atoms with Gasteiger partial charge >= 0.3 is 0 Å². The maximum absolute atomic E-state index is 11.7. The Labute approximate surface area is 122 Å². The first-order valence-electron chi connectivity index (χ1n) is 6.80. The second kappa shape index (κ2) is 6.71. The molecule has 6 nitrogen and oxygen atoms in total. The van der Waals surface area contributed by atoms with Gasteiger partial charge < -0.3 is 15.5 Å². The van der Waals surface area contributed by atoms with Gasteiger partial charge in [-0.15, -0.1) is 11.3 Å². The predicted octanol–water partition coefficient (Wildman–Crippen LogP) is 1.08. The molecule has 0 unspecified atom stereocenters. The molecule has 0 spiro atoms. The van der Waals surface area contributed by atoms with Crippen LogP contribution in [0, 0.1) is 0 Å². The maximum Gasteiger partial charge on any atom is 0.239 e. The van der Waals surface area contributed by atoms with Gasteiger partial charge in [-0.3, -0.25) is 9.20 Å². The SMILES string of the molecule is CCNCc1c(N(C)CC(=O)NCC)nc2sccn12. The first-order chi connectivity index (χ1) is 9.67. The number of carbonyl (C=O) groups excluding carboxylic acids is 1. The Morgan fingerprint density at radius 2 is 2.25 bits per heavy atom. The van der Waals surface area contributed by atoms with Crippen LogP contribution in [0.3, 0.4) is 0 Å². The monoisotopic (exact) mass is 295 g/mol. The van der Waals surface area contributed by atoms with Crippen LogP contribution < -0.4 is 15.5 Å². The van der Waals surface area contributed by atoms with Crippen molar-refractivity contribution in [2.75, 3.05) is 31.6 Å². The molecule has 0 aromatic carbocycles. The minimum atomic E-state index is 0.0146. The lowest BCUT2D eigenvalue weighted by Gasteiger charge is -2.17. The average molecular weight is 295 g/mol. The fourth-order valence-corrected chi connectivity index (χ4v) is 2.81. The summed E-state index contributed by atoms with van der Waals surface area (Å²) >= 11 is 1.60. The number of nitrogens with one attached hydrogen (secondary N) is 2. The Kier molecular flexibility index (Phi) is 4.97. The van der Waals surface area contributed by atoms with Gasteiger partial charge in [-0.2, -0.15) is 0 Å². The highest BCUT2D eigenvalue weighted by Crippen LogP contribution is 2.23. The van der Waals surface area contributed by atoms with Crippen LogP contribution >= 0.6 is 11.3 Å². The summed E-state index contributed by atoms with van der Waals surface area (Å²) in [6.45, 7) is 6.60. The molecule has 0 aliphatic carbocycles. The van der Waals surface area contributed by atoms with E-state index in [1.54, 1.807) is 11.3 Å². The number of carbonyl (C=O) groups is 1. The normalized spacial score (nSPS) is 10.9. The smallest absolute Gasteiger partial charge is 0.239 e. The van der Waals surface area contributed by atoms with Crippen LogP contribution in [0.15, 0.2) is 11.6 Å². The number of anilines is 1. The van der Waals surface area contributed by atoms with Gasteiger partial charge in [0.25, 0.3) is 0 Å². The largest absolute Gasteiger partial charge is 0.355 e. The van der Waals surface area contributed by atoms with E-state index in [9.17, 15) is 4.79 Å². The van der Waals surface area contributed by atoms with E-state index in [1.165, 1.54) is 0 Å². The fraction of sp³-hybridized carbons (Fsp3) is 0.538. The van der Waals surface area contributed by atoms with E-state index in [4.69, 9.17) is 0 Å². The molecule has 20 heavy (non-hydrogen) atoms. The first-order valence-corrected chi connectivity index (χ1v) is 7.68. The standard InChI is InChI=1S/C13H21N5OS/c1-4-14-8-10-12(16-13-18(10)6-7-20-13)17(3)9-11(19)15-5-2/h6-7,14H,4-5,8-9H2,1-3H3,(H,15,19). The van der Waals surface area contributed by atoms with Crippen LogP contribution in [0.1, 0.15) is 19.5 Å². The summed E-state index contributed by atoms with van der Waals surface area (Å²) in [5, 5.41) is 8.15. The van der Waals surface area contributed by atoms with Crippen molar-refractivity contribution < 1.29 is 4.79 Å². The molecule has 0 saturated carbocycles. The number of hydrogen-bond acceptors (Lipinski definition) is 5. The van der Waals surface area contributed by atoms with Crippen molar-refractivity contribution in [3.63, 3.8) is 0 Å². The van der Waals surface area contributed by atoms with Crippen molar-refractivity contribution in [3.05, 3.63) is 17.3 Å². The van der Waals surface area contributed by atoms with E-state index in [0.29, 0.717) is 13.1 Å². The third-order valence-corrected chi connectivity index (χ3v) is 3.76. The Morgan fingerprint density at radius 1 is 1.45 bits per heavy atom. The van der Waals surface area contributed by atoms with Crippen molar-refractivity contribution in [1.29, 1.82) is 0 Å². The van der Waals surface area contributed by atoms with E-state index in [2.05, 4.69) is 26.9 Å². The molecule has 7 heteroatoms. The zero-order valence-corrected chi connectivity index (χ0v) is 13.0. The van der Waals surface area contributed by atoms with Gasteiger partial charge in [0.15, 0.2) is 10.8 Å². The summed E-state index contributed by atoms with van der Waals surface area (Å²) in [5.74, 6) is 0.879. The molecule has 0 atom stereocenters. The van der Waals surface area contributed by atoms with E-state index in [-0.39, 0.29) is 5.91 Å². The third kappa shape index (κ3) is 3.10. The van der Waals surface area contributed by atoms with Crippen LogP contribution in [0.5, 0.6) is 0 Å². The van der Waals surface area contributed by atoms with Gasteiger partial charge in [0, 0.05) is 31.7 Å². The van der Waals surface area contributed by atoms with Crippen LogP contribution in [-0.4, -0.2) is 42.0 Å². The van der Waals surface area contributed by atoms with Crippen molar-refractivity contribution in [3.8, 4) is 0 Å². The molecule has 0 aliphatic rings. The molecular formula is C13H21N5OS. The first kappa shape index (κ1) is 14.8. The van der Waals surface area contributed by atoms with Crippen molar-refractivity contribution >= 4 is 28.0 Å². The summed E-state index contributed by atoms with van der Waals surface area (Å²) in [6, 6.07) is 0. The number of hydrogen-bond donors (Lipinski definition) is 2. The van der Waals surface area contributed by atoms with Crippen LogP contribution in [-0.2, 0) is 11.3 Å². The molecule has 0 radical (unpaired) electrons. The van der Waals surface area contributed by atoms with Gasteiger partial charge in [-0.25, -0.2) is 4.98 Å². The molecule has 0 aliphatic heterocycles. The summed E-state index contributed by atoms with van der Waals surface area (Å²) < 4.78 is 2.08. The van der Waals surface area contributed by atoms with Gasteiger partial charge in [0.05, 0.1) is 12.2 Å². The molecule has 1 amide bonds. The molecule has 0 saturated heterocycles. The van der Waals surface area contributed by atoms with Crippen molar-refractivity contribution in [2.45, 2.75) is 20.4 Å². The lowest BCUT2D eigenvalue weighted by atomic mass is 10.3. The number of nitrogens with zero attached hydrogens (tertiary/aromatic N) is 3. The van der Waals surface area contributed by atoms with Gasteiger partial charge in [0.1, 0.15) is 0 Å². The molecule has 2 rings (SSSR count). The lowest BCUT2D eigenvalue weighted by Crippen LogP contribution is -2.35. The Hall–Kier alpha value is -1.60. The van der Waals surface area contributed by atoms with Crippen molar-refractivity contribution in [2.24, 2.45) is 0 Å². The third-order valence-electron chi connectivity index (χ3n) is 3.00. The number of thiazole rings is 1. The predicted molar refractivity (Wildman–Crippen MR) is 82.4 cm³/mol. The lowest BCUT2D eigenvalue weighted by molar-refractivity contribution is -0.119. The Bertz CT molecular complexity index is 576. The van der Waals surface area contributed by atoms with E-state index < -0.39 is 0 Å². The molecular weight excluding hydrogens is 274 g/mol. The number of aromatic nitrogens is 2. The molecule has 2 aromatic rings. The highest BCUT2D eigenvalue weighted by atomic mass is 32.1. The van der Waals surface area contributed by atoms with Crippen molar-refractivity contribution in [1.82, 2.24) is 20.0 Å². The zero-order chi connectivity index (χ0) is 14.5. The number of likely N-dealkylation sites (N-methyl/N-ethyl adjacent to an activating group) is 2. The quantitative estimate of drug-likeness (QED) is 0.802. The highest BCUT2D eigenvalue weighted by molar-refractivity contribution is 7.15. The van der Waals surface area contributed by atoms with Crippen LogP contribution in [0.25, 0.3) is 4.96 Å². The number of amides is 1. The highest BCUT2D eigenvalue weighted by Gasteiger charge is 2.17. The summed E-state index contributed by atoms with van der Waals surface area (Å²) in [6.07, 6.45) is 2.02. The summed E-state index contributed by atoms with van der Waals surface area (Å²) in [4.78, 5) is 19.2. The second-order valence-electron chi connectivity index (χ2n) is 4.53. The van der Waals surface area contributed by atoms with E-state index in [1.807, 2.05) is 30.4 Å². The number of fused-ring (bicyclic) bond motifs is 1. The summed E-state index contributed by atoms with van der Waals surface area (Å²) in [7, 11) is 1.90. The second-order valence-corrected chi connectivity index (χ2v) is 5.40. The minimum Gasteiger partial charge on any atom is -0.355 e. The Balaban J connectivity index is 2.22. The fourth-order valence-electron chi connectivity index (χ4n) is 2.08. The van der Waals surface area contributed by atoms with Crippen LogP contribution in [0.2, 0.25) is 0 Å². The molecule has 2 N–H and O–H groups in total. The van der Waals surface area contributed by atoms with Gasteiger partial charge in [-0.05, 0) is 13.5 Å². The molecule has 2 aromatic heterocycles. The van der Waals surface area contributed by atoms with E-state index in [0.717, 1.165) is 29.6 Å². The Morgan fingerprint density at radius 3 is 2.95 bits per heavy atom. The zero-order valence-electron chi connectivity index (χ0n) is 12.1.